The average molecular weight is 382 g/mol. The summed E-state index contributed by atoms with van der Waals surface area (Å²) in [5.74, 6) is 3.02. The molecular weight excluding hydrogens is 358 g/mol. The number of ether oxygens (including phenoxy) is 1. The predicted octanol–water partition coefficient (Wildman–Crippen LogP) is 3.98. The Labute approximate surface area is 163 Å². The largest absolute Gasteiger partial charge is 0.497 e. The highest BCUT2D eigenvalue weighted by molar-refractivity contribution is 7.99. The number of hydrogen-bond acceptors (Lipinski definition) is 4. The number of thioether (sulfide) groups is 1. The number of anilines is 1. The Kier molecular flexibility index (Phi) is 5.36. The van der Waals surface area contributed by atoms with Crippen LogP contribution in [0.25, 0.3) is 10.9 Å². The molecule has 0 unspecified atom stereocenters. The van der Waals surface area contributed by atoms with Crippen molar-refractivity contribution < 1.29 is 9.53 Å². The summed E-state index contributed by atoms with van der Waals surface area (Å²) >= 11 is 2.00. The van der Waals surface area contributed by atoms with Gasteiger partial charge in [0.05, 0.1) is 7.11 Å². The van der Waals surface area contributed by atoms with Crippen LogP contribution in [0.4, 0.5) is 5.69 Å². The van der Waals surface area contributed by atoms with Gasteiger partial charge in [-0.2, -0.15) is 11.8 Å². The fourth-order valence-electron chi connectivity index (χ4n) is 3.44. The van der Waals surface area contributed by atoms with Gasteiger partial charge < -0.3 is 15.0 Å². The van der Waals surface area contributed by atoms with E-state index >= 15 is 0 Å². The maximum Gasteiger partial charge on any atom is 0.256 e. The molecule has 0 bridgehead atoms. The first-order chi connectivity index (χ1) is 13.2. The van der Waals surface area contributed by atoms with Crippen LogP contribution in [0.2, 0.25) is 0 Å². The smallest absolute Gasteiger partial charge is 0.256 e. The minimum atomic E-state index is -0.0965. The number of carbonyl (C=O) groups is 1. The molecule has 1 aromatic heterocycles. The van der Waals surface area contributed by atoms with Gasteiger partial charge in [0.15, 0.2) is 0 Å². The Morgan fingerprint density at radius 1 is 1.19 bits per heavy atom. The quantitative estimate of drug-likeness (QED) is 0.702. The molecule has 1 aliphatic rings. The molecule has 1 fully saturated rings. The van der Waals surface area contributed by atoms with Crippen molar-refractivity contribution in [3.63, 3.8) is 0 Å². The molecule has 2 aromatic carbocycles. The third-order valence-electron chi connectivity index (χ3n) is 4.88. The van der Waals surface area contributed by atoms with E-state index in [-0.39, 0.29) is 5.91 Å². The molecule has 1 amide bonds. The monoisotopic (exact) mass is 381 g/mol. The molecule has 1 saturated heterocycles. The van der Waals surface area contributed by atoms with Crippen molar-refractivity contribution >= 4 is 34.3 Å². The lowest BCUT2D eigenvalue weighted by Crippen LogP contribution is -2.31. The Balaban J connectivity index is 1.59. The fourth-order valence-corrected chi connectivity index (χ4v) is 4.42. The Morgan fingerprint density at radius 2 is 1.96 bits per heavy atom. The number of carbonyl (C=O) groups excluding carboxylic acids is 1. The van der Waals surface area contributed by atoms with Gasteiger partial charge in [-0.05, 0) is 42.0 Å². The van der Waals surface area contributed by atoms with Crippen LogP contribution >= 0.6 is 11.8 Å². The van der Waals surface area contributed by atoms with Crippen LogP contribution in [-0.4, -0.2) is 47.5 Å². The van der Waals surface area contributed by atoms with Crippen LogP contribution in [0.15, 0.2) is 48.7 Å². The number of amides is 1. The third-order valence-corrected chi connectivity index (χ3v) is 5.82. The molecule has 27 heavy (non-hydrogen) atoms. The summed E-state index contributed by atoms with van der Waals surface area (Å²) in [6, 6.07) is 13.2. The van der Waals surface area contributed by atoms with Crippen molar-refractivity contribution in [1.82, 2.24) is 9.88 Å². The molecule has 3 aromatic rings. The van der Waals surface area contributed by atoms with Gasteiger partial charge in [0.2, 0.25) is 0 Å². The van der Waals surface area contributed by atoms with Gasteiger partial charge in [0.25, 0.3) is 5.91 Å². The number of benzene rings is 2. The van der Waals surface area contributed by atoms with E-state index in [9.17, 15) is 4.79 Å². The highest BCUT2D eigenvalue weighted by Gasteiger charge is 2.18. The second kappa shape index (κ2) is 8.06. The van der Waals surface area contributed by atoms with E-state index in [1.165, 1.54) is 17.1 Å². The Hall–Kier alpha value is -2.44. The summed E-state index contributed by atoms with van der Waals surface area (Å²) in [7, 11) is 1.63. The maximum atomic E-state index is 13.0. The summed E-state index contributed by atoms with van der Waals surface area (Å²) < 4.78 is 5.17. The molecule has 0 atom stereocenters. The highest BCUT2D eigenvalue weighted by Crippen LogP contribution is 2.26. The number of H-pyrrole nitrogens is 1. The lowest BCUT2D eigenvalue weighted by Gasteiger charge is -2.26. The van der Waals surface area contributed by atoms with Crippen molar-refractivity contribution in [2.75, 3.05) is 37.0 Å². The lowest BCUT2D eigenvalue weighted by molar-refractivity contribution is 0.102. The van der Waals surface area contributed by atoms with Gasteiger partial charge in [0.1, 0.15) is 5.75 Å². The van der Waals surface area contributed by atoms with E-state index in [0.29, 0.717) is 5.56 Å². The van der Waals surface area contributed by atoms with Crippen LogP contribution in [0.3, 0.4) is 0 Å². The van der Waals surface area contributed by atoms with E-state index in [1.807, 2.05) is 60.4 Å². The first-order valence-corrected chi connectivity index (χ1v) is 10.2. The molecule has 1 aliphatic heterocycles. The van der Waals surface area contributed by atoms with E-state index < -0.39 is 0 Å². The average Bonchev–Trinajstić information content (AvgIpc) is 3.12. The van der Waals surface area contributed by atoms with Crippen LogP contribution in [0, 0.1) is 0 Å². The molecule has 140 valence electrons. The van der Waals surface area contributed by atoms with E-state index in [0.717, 1.165) is 42.0 Å². The first kappa shape index (κ1) is 17.9. The van der Waals surface area contributed by atoms with Crippen molar-refractivity contribution in [2.45, 2.75) is 6.54 Å². The van der Waals surface area contributed by atoms with Crippen molar-refractivity contribution in [1.29, 1.82) is 0 Å². The molecule has 6 heteroatoms. The van der Waals surface area contributed by atoms with Gasteiger partial charge >= 0.3 is 0 Å². The minimum Gasteiger partial charge on any atom is -0.497 e. The van der Waals surface area contributed by atoms with Gasteiger partial charge in [-0.3, -0.25) is 9.69 Å². The van der Waals surface area contributed by atoms with E-state index in [1.54, 1.807) is 7.11 Å². The molecule has 2 heterocycles. The summed E-state index contributed by atoms with van der Waals surface area (Å²) in [5, 5.41) is 4.01. The first-order valence-electron chi connectivity index (χ1n) is 9.09. The normalized spacial score (nSPS) is 15.0. The Bertz CT molecular complexity index is 930. The highest BCUT2D eigenvalue weighted by atomic mass is 32.2. The number of rotatable bonds is 5. The SMILES string of the molecule is COc1ccc(NC(=O)c2cccc3[nH]cc(CN4CCSCC4)c23)cc1. The molecule has 0 aliphatic carbocycles. The van der Waals surface area contributed by atoms with Crippen LogP contribution in [0.5, 0.6) is 5.75 Å². The topological polar surface area (TPSA) is 57.4 Å². The van der Waals surface area contributed by atoms with Gasteiger partial charge in [-0.1, -0.05) is 6.07 Å². The molecule has 5 nitrogen and oxygen atoms in total. The molecular formula is C21H23N3O2S. The summed E-state index contributed by atoms with van der Waals surface area (Å²) in [5.41, 5.74) is 3.63. The van der Waals surface area contributed by atoms with Crippen molar-refractivity contribution in [2.24, 2.45) is 0 Å². The number of fused-ring (bicyclic) bond motifs is 1. The molecule has 0 saturated carbocycles. The summed E-state index contributed by atoms with van der Waals surface area (Å²) in [6.07, 6.45) is 2.04. The van der Waals surface area contributed by atoms with Gasteiger partial charge in [-0.25, -0.2) is 0 Å². The molecule has 4 rings (SSSR count). The molecule has 0 spiro atoms. The van der Waals surface area contributed by atoms with E-state index in [4.69, 9.17) is 4.74 Å². The number of methoxy groups -OCH3 is 1. The van der Waals surface area contributed by atoms with Crippen molar-refractivity contribution in [3.05, 3.63) is 59.8 Å². The number of aromatic nitrogens is 1. The maximum absolute atomic E-state index is 13.0. The molecule has 2 N–H and O–H groups in total. The summed E-state index contributed by atoms with van der Waals surface area (Å²) in [6.45, 7) is 3.06. The number of hydrogen-bond donors (Lipinski definition) is 2. The number of nitrogens with zero attached hydrogens (tertiary/aromatic N) is 1. The lowest BCUT2D eigenvalue weighted by atomic mass is 10.0. The van der Waals surface area contributed by atoms with Gasteiger partial charge in [0, 0.05) is 59.5 Å². The third kappa shape index (κ3) is 3.96. The number of aromatic amines is 1. The standard InChI is InChI=1S/C21H23N3O2S/c1-26-17-7-5-16(6-8-17)23-21(25)18-3-2-4-19-20(18)15(13-22-19)14-24-9-11-27-12-10-24/h2-8,13,22H,9-12,14H2,1H3,(H,23,25). The Morgan fingerprint density at radius 3 is 2.70 bits per heavy atom. The zero-order chi connectivity index (χ0) is 18.6. The number of nitrogens with one attached hydrogen (secondary N) is 2. The summed E-state index contributed by atoms with van der Waals surface area (Å²) in [4.78, 5) is 18.7. The zero-order valence-corrected chi connectivity index (χ0v) is 16.1. The van der Waals surface area contributed by atoms with Gasteiger partial charge in [-0.15, -0.1) is 0 Å². The second-order valence-corrected chi connectivity index (χ2v) is 7.84. The zero-order valence-electron chi connectivity index (χ0n) is 15.3. The van der Waals surface area contributed by atoms with E-state index in [2.05, 4.69) is 15.2 Å². The van der Waals surface area contributed by atoms with Crippen LogP contribution in [0.1, 0.15) is 15.9 Å². The fraction of sp³-hybridized carbons (Fsp3) is 0.286. The van der Waals surface area contributed by atoms with Crippen LogP contribution in [-0.2, 0) is 6.54 Å². The van der Waals surface area contributed by atoms with Crippen LogP contribution < -0.4 is 10.1 Å². The second-order valence-electron chi connectivity index (χ2n) is 6.61. The van der Waals surface area contributed by atoms with Crippen molar-refractivity contribution in [3.8, 4) is 5.75 Å². The molecule has 0 radical (unpaired) electrons. The minimum absolute atomic E-state index is 0.0965. The predicted molar refractivity (Wildman–Crippen MR) is 112 cm³/mol.